The van der Waals surface area contributed by atoms with E-state index in [1.807, 2.05) is 13.0 Å². The Bertz CT molecular complexity index is 145. The molecule has 1 fully saturated rings. The van der Waals surface area contributed by atoms with Crippen LogP contribution in [0.5, 0.6) is 0 Å². The first-order valence-corrected chi connectivity index (χ1v) is 3.53. The molecule has 1 nitrogen and oxygen atoms in total. The minimum atomic E-state index is 0.365. The van der Waals surface area contributed by atoms with Crippen LogP contribution in [0.15, 0.2) is 11.6 Å². The van der Waals surface area contributed by atoms with Crippen molar-refractivity contribution in [3.8, 4) is 0 Å². The van der Waals surface area contributed by atoms with Gasteiger partial charge in [-0.15, -0.1) is 0 Å². The first kappa shape index (κ1) is 6.53. The van der Waals surface area contributed by atoms with Gasteiger partial charge in [0.2, 0.25) is 0 Å². The summed E-state index contributed by atoms with van der Waals surface area (Å²) in [5.41, 5.74) is 1.04. The highest BCUT2D eigenvalue weighted by molar-refractivity contribution is 5.95. The average molecular weight is 124 g/mol. The largest absolute Gasteiger partial charge is 0.295 e. The number of rotatable bonds is 0. The summed E-state index contributed by atoms with van der Waals surface area (Å²) in [7, 11) is 0. The van der Waals surface area contributed by atoms with Crippen molar-refractivity contribution < 1.29 is 4.79 Å². The van der Waals surface area contributed by atoms with Gasteiger partial charge in [0.15, 0.2) is 5.78 Å². The monoisotopic (exact) mass is 124 g/mol. The molecule has 0 unspecified atom stereocenters. The van der Waals surface area contributed by atoms with Crippen LogP contribution in [0, 0.1) is 0 Å². The van der Waals surface area contributed by atoms with Gasteiger partial charge in [0.1, 0.15) is 0 Å². The smallest absolute Gasteiger partial charge is 0.158 e. The lowest BCUT2D eigenvalue weighted by molar-refractivity contribution is -0.116. The minimum Gasteiger partial charge on any atom is -0.295 e. The highest BCUT2D eigenvalue weighted by Gasteiger charge is 2.12. The van der Waals surface area contributed by atoms with Crippen LogP contribution < -0.4 is 0 Å². The summed E-state index contributed by atoms with van der Waals surface area (Å²) < 4.78 is 0. The topological polar surface area (TPSA) is 17.1 Å². The Hall–Kier alpha value is -0.590. The zero-order valence-corrected chi connectivity index (χ0v) is 5.81. The summed E-state index contributed by atoms with van der Waals surface area (Å²) in [5, 5.41) is 0. The van der Waals surface area contributed by atoms with E-state index in [9.17, 15) is 4.79 Å². The fourth-order valence-electron chi connectivity index (χ4n) is 1.21. The summed E-state index contributed by atoms with van der Waals surface area (Å²) in [6, 6.07) is 0. The van der Waals surface area contributed by atoms with E-state index in [-0.39, 0.29) is 0 Å². The fourth-order valence-corrected chi connectivity index (χ4v) is 1.21. The molecule has 0 aliphatic heterocycles. The number of hydrogen-bond donors (Lipinski definition) is 0. The fraction of sp³-hybridized carbons (Fsp3) is 0.625. The summed E-state index contributed by atoms with van der Waals surface area (Å²) >= 11 is 0. The maximum atomic E-state index is 11.0. The Morgan fingerprint density at radius 3 is 2.44 bits per heavy atom. The van der Waals surface area contributed by atoms with E-state index >= 15 is 0 Å². The van der Waals surface area contributed by atoms with Gasteiger partial charge in [-0.1, -0.05) is 6.08 Å². The summed E-state index contributed by atoms with van der Waals surface area (Å²) in [6.45, 7) is 1.94. The molecule has 1 aliphatic carbocycles. The zero-order chi connectivity index (χ0) is 6.69. The Labute approximate surface area is 55.8 Å². The van der Waals surface area contributed by atoms with Gasteiger partial charge in [0.25, 0.3) is 0 Å². The molecule has 0 spiro atoms. The van der Waals surface area contributed by atoms with Gasteiger partial charge in [-0.25, -0.2) is 0 Å². The second-order valence-corrected chi connectivity index (χ2v) is 2.44. The zero-order valence-electron chi connectivity index (χ0n) is 5.81. The minimum absolute atomic E-state index is 0.365. The normalized spacial score (nSPS) is 25.0. The number of ketones is 1. The molecule has 0 amide bonds. The van der Waals surface area contributed by atoms with E-state index in [2.05, 4.69) is 0 Å². The lowest BCUT2D eigenvalue weighted by atomic mass is 9.94. The second kappa shape index (κ2) is 2.81. The third-order valence-corrected chi connectivity index (χ3v) is 1.81. The number of carbonyl (C=O) groups excluding carboxylic acids is 1. The molecule has 50 valence electrons. The summed E-state index contributed by atoms with van der Waals surface area (Å²) in [5.74, 6) is 0.365. The highest BCUT2D eigenvalue weighted by Crippen LogP contribution is 2.18. The van der Waals surface area contributed by atoms with Crippen LogP contribution in [-0.4, -0.2) is 5.78 Å². The number of allylic oxidation sites excluding steroid dienone is 2. The van der Waals surface area contributed by atoms with Crippen molar-refractivity contribution in [2.45, 2.75) is 32.6 Å². The molecular formula is C8H12O. The number of carbonyl (C=O) groups is 1. The van der Waals surface area contributed by atoms with Gasteiger partial charge in [-0.2, -0.15) is 0 Å². The predicted octanol–water partition coefficient (Wildman–Crippen LogP) is 2.08. The molecule has 0 aromatic carbocycles. The lowest BCUT2D eigenvalue weighted by Gasteiger charge is -2.10. The Morgan fingerprint density at radius 1 is 1.33 bits per heavy atom. The molecule has 0 saturated heterocycles. The second-order valence-electron chi connectivity index (χ2n) is 2.44. The molecule has 0 aromatic heterocycles. The van der Waals surface area contributed by atoms with Crippen LogP contribution in [-0.2, 0) is 4.79 Å². The van der Waals surface area contributed by atoms with Crippen molar-refractivity contribution in [2.24, 2.45) is 0 Å². The molecule has 1 saturated carbocycles. The summed E-state index contributed by atoms with van der Waals surface area (Å²) in [4.78, 5) is 11.0. The van der Waals surface area contributed by atoms with Gasteiger partial charge in [0, 0.05) is 6.42 Å². The molecule has 1 aliphatic rings. The molecule has 0 aromatic rings. The standard InChI is InChI=1S/C8H12O/c1-2-7-5-3-4-6-8(7)9/h2H,3-6H2,1H3/b7-2-. The van der Waals surface area contributed by atoms with Crippen LogP contribution in [0.1, 0.15) is 32.6 Å². The quantitative estimate of drug-likeness (QED) is 0.452. The lowest BCUT2D eigenvalue weighted by Crippen LogP contribution is -2.07. The Morgan fingerprint density at radius 2 is 2.00 bits per heavy atom. The van der Waals surface area contributed by atoms with Crippen LogP contribution in [0.3, 0.4) is 0 Å². The molecule has 0 radical (unpaired) electrons. The van der Waals surface area contributed by atoms with Crippen molar-refractivity contribution in [1.82, 2.24) is 0 Å². The van der Waals surface area contributed by atoms with Crippen LogP contribution in [0.4, 0.5) is 0 Å². The molecule has 0 N–H and O–H groups in total. The molecule has 0 bridgehead atoms. The van der Waals surface area contributed by atoms with Crippen molar-refractivity contribution in [1.29, 1.82) is 0 Å². The van der Waals surface area contributed by atoms with E-state index in [1.165, 1.54) is 6.42 Å². The molecule has 1 rings (SSSR count). The number of hydrogen-bond acceptors (Lipinski definition) is 1. The van der Waals surface area contributed by atoms with Crippen molar-refractivity contribution >= 4 is 5.78 Å². The third kappa shape index (κ3) is 1.41. The molecule has 0 atom stereocenters. The SMILES string of the molecule is C/C=C1/CCCCC1=O. The van der Waals surface area contributed by atoms with Gasteiger partial charge in [0.05, 0.1) is 0 Å². The van der Waals surface area contributed by atoms with E-state index in [0.29, 0.717) is 5.78 Å². The van der Waals surface area contributed by atoms with Gasteiger partial charge in [-0.3, -0.25) is 4.79 Å². The molecule has 0 heterocycles. The van der Waals surface area contributed by atoms with Crippen LogP contribution in [0.25, 0.3) is 0 Å². The van der Waals surface area contributed by atoms with Crippen molar-refractivity contribution in [3.63, 3.8) is 0 Å². The Balaban J connectivity index is 2.60. The predicted molar refractivity (Wildman–Crippen MR) is 37.2 cm³/mol. The highest BCUT2D eigenvalue weighted by atomic mass is 16.1. The number of Topliss-reactive ketones (excluding diaryl/α,β-unsaturated/α-hetero) is 1. The maximum absolute atomic E-state index is 11.0. The van der Waals surface area contributed by atoms with E-state index < -0.39 is 0 Å². The van der Waals surface area contributed by atoms with E-state index in [0.717, 1.165) is 24.8 Å². The molecule has 9 heavy (non-hydrogen) atoms. The van der Waals surface area contributed by atoms with Gasteiger partial charge < -0.3 is 0 Å². The van der Waals surface area contributed by atoms with Crippen LogP contribution in [0.2, 0.25) is 0 Å². The van der Waals surface area contributed by atoms with Crippen molar-refractivity contribution in [2.75, 3.05) is 0 Å². The van der Waals surface area contributed by atoms with Gasteiger partial charge in [-0.05, 0) is 31.8 Å². The maximum Gasteiger partial charge on any atom is 0.158 e. The van der Waals surface area contributed by atoms with Gasteiger partial charge >= 0.3 is 0 Å². The molecule has 1 heteroatoms. The van der Waals surface area contributed by atoms with Crippen LogP contribution >= 0.6 is 0 Å². The first-order chi connectivity index (χ1) is 4.34. The third-order valence-electron chi connectivity index (χ3n) is 1.81. The summed E-state index contributed by atoms with van der Waals surface area (Å²) in [6.07, 6.45) is 6.03. The molecular weight excluding hydrogens is 112 g/mol. The Kier molecular flexibility index (Phi) is 2.04. The first-order valence-electron chi connectivity index (χ1n) is 3.53. The average Bonchev–Trinajstić information content (AvgIpc) is 1.89. The van der Waals surface area contributed by atoms with E-state index in [1.54, 1.807) is 0 Å². The van der Waals surface area contributed by atoms with Crippen molar-refractivity contribution in [3.05, 3.63) is 11.6 Å². The van der Waals surface area contributed by atoms with E-state index in [4.69, 9.17) is 0 Å².